The van der Waals surface area contributed by atoms with Crippen molar-refractivity contribution in [2.75, 3.05) is 6.61 Å². The number of benzene rings is 1. The molecule has 1 aromatic carbocycles. The molecule has 0 saturated heterocycles. The van der Waals surface area contributed by atoms with Crippen LogP contribution >= 0.6 is 15.9 Å². The highest BCUT2D eigenvalue weighted by atomic mass is 79.9. The molecule has 0 amide bonds. The molecule has 0 N–H and O–H groups in total. The van der Waals surface area contributed by atoms with Crippen LogP contribution in [0.25, 0.3) is 0 Å². The van der Waals surface area contributed by atoms with E-state index in [2.05, 4.69) is 22.9 Å². The van der Waals surface area contributed by atoms with Crippen molar-refractivity contribution in [3.63, 3.8) is 0 Å². The van der Waals surface area contributed by atoms with Gasteiger partial charge in [-0.15, -0.1) is 0 Å². The first kappa shape index (κ1) is 12.2. The molecule has 0 atom stereocenters. The lowest BCUT2D eigenvalue weighted by Crippen LogP contribution is -2.07. The standard InChI is InChI=1S/C12H15BrO2/c1-3-4-8-15-12(14)10-7-5-6-9(2)11(10)13/h5-7H,3-4,8H2,1-2H3. The summed E-state index contributed by atoms with van der Waals surface area (Å²) in [7, 11) is 0. The second-order valence-corrected chi connectivity index (χ2v) is 4.22. The van der Waals surface area contributed by atoms with Crippen molar-refractivity contribution in [2.45, 2.75) is 26.7 Å². The van der Waals surface area contributed by atoms with E-state index in [0.717, 1.165) is 22.9 Å². The maximum atomic E-state index is 11.6. The van der Waals surface area contributed by atoms with E-state index in [4.69, 9.17) is 4.74 Å². The van der Waals surface area contributed by atoms with Crippen LogP contribution < -0.4 is 0 Å². The van der Waals surface area contributed by atoms with Crippen LogP contribution in [0.2, 0.25) is 0 Å². The summed E-state index contributed by atoms with van der Waals surface area (Å²) in [6.45, 7) is 4.51. The Morgan fingerprint density at radius 3 is 2.87 bits per heavy atom. The Morgan fingerprint density at radius 2 is 2.20 bits per heavy atom. The van der Waals surface area contributed by atoms with Crippen molar-refractivity contribution in [1.29, 1.82) is 0 Å². The molecule has 2 nitrogen and oxygen atoms in total. The molecule has 0 heterocycles. The van der Waals surface area contributed by atoms with Gasteiger partial charge in [0.25, 0.3) is 0 Å². The third-order valence-corrected chi connectivity index (χ3v) is 3.20. The molecule has 0 saturated carbocycles. The molecule has 0 aliphatic carbocycles. The Hall–Kier alpha value is -0.830. The number of rotatable bonds is 4. The van der Waals surface area contributed by atoms with Crippen LogP contribution in [0.4, 0.5) is 0 Å². The summed E-state index contributed by atoms with van der Waals surface area (Å²) >= 11 is 3.39. The molecule has 0 fully saturated rings. The fourth-order valence-corrected chi connectivity index (χ4v) is 1.62. The van der Waals surface area contributed by atoms with Crippen molar-refractivity contribution in [1.82, 2.24) is 0 Å². The maximum absolute atomic E-state index is 11.6. The second-order valence-electron chi connectivity index (χ2n) is 3.43. The van der Waals surface area contributed by atoms with Crippen LogP contribution in [-0.4, -0.2) is 12.6 Å². The number of hydrogen-bond donors (Lipinski definition) is 0. The Bertz CT molecular complexity index is 347. The summed E-state index contributed by atoms with van der Waals surface area (Å²) in [4.78, 5) is 11.6. The Balaban J connectivity index is 2.69. The molecule has 1 rings (SSSR count). The first-order valence-electron chi connectivity index (χ1n) is 5.09. The zero-order chi connectivity index (χ0) is 11.3. The highest BCUT2D eigenvalue weighted by Gasteiger charge is 2.11. The lowest BCUT2D eigenvalue weighted by molar-refractivity contribution is 0.0498. The van der Waals surface area contributed by atoms with Gasteiger partial charge >= 0.3 is 5.97 Å². The van der Waals surface area contributed by atoms with E-state index < -0.39 is 0 Å². The molecular weight excluding hydrogens is 256 g/mol. The van der Waals surface area contributed by atoms with Gasteiger partial charge in [-0.2, -0.15) is 0 Å². The molecule has 0 aliphatic heterocycles. The van der Waals surface area contributed by atoms with E-state index >= 15 is 0 Å². The van der Waals surface area contributed by atoms with E-state index in [1.165, 1.54) is 0 Å². The van der Waals surface area contributed by atoms with E-state index in [9.17, 15) is 4.79 Å². The van der Waals surface area contributed by atoms with Gasteiger partial charge in [-0.05, 0) is 40.9 Å². The van der Waals surface area contributed by atoms with Crippen LogP contribution in [0, 0.1) is 6.92 Å². The number of aryl methyl sites for hydroxylation is 1. The first-order chi connectivity index (χ1) is 7.16. The maximum Gasteiger partial charge on any atom is 0.339 e. The van der Waals surface area contributed by atoms with Crippen LogP contribution in [0.5, 0.6) is 0 Å². The Morgan fingerprint density at radius 1 is 1.47 bits per heavy atom. The van der Waals surface area contributed by atoms with Crippen LogP contribution in [0.15, 0.2) is 22.7 Å². The number of carbonyl (C=O) groups is 1. The average molecular weight is 271 g/mol. The molecule has 1 aromatic rings. The fourth-order valence-electron chi connectivity index (χ4n) is 1.19. The molecule has 0 spiro atoms. The largest absolute Gasteiger partial charge is 0.462 e. The summed E-state index contributed by atoms with van der Waals surface area (Å²) in [5.41, 5.74) is 1.64. The van der Waals surface area contributed by atoms with Gasteiger partial charge in [0.2, 0.25) is 0 Å². The minimum absolute atomic E-state index is 0.251. The third kappa shape index (κ3) is 3.34. The van der Waals surface area contributed by atoms with Crippen molar-refractivity contribution < 1.29 is 9.53 Å². The monoisotopic (exact) mass is 270 g/mol. The Kier molecular flexibility index (Phi) is 4.82. The number of esters is 1. The highest BCUT2D eigenvalue weighted by molar-refractivity contribution is 9.10. The van der Waals surface area contributed by atoms with Gasteiger partial charge in [-0.1, -0.05) is 25.5 Å². The predicted molar refractivity (Wildman–Crippen MR) is 64.1 cm³/mol. The minimum atomic E-state index is -0.251. The zero-order valence-electron chi connectivity index (χ0n) is 9.05. The lowest BCUT2D eigenvalue weighted by atomic mass is 10.1. The van der Waals surface area contributed by atoms with E-state index in [1.807, 2.05) is 19.1 Å². The van der Waals surface area contributed by atoms with Gasteiger partial charge in [0.05, 0.1) is 12.2 Å². The Labute approximate surface area is 98.8 Å². The lowest BCUT2D eigenvalue weighted by Gasteiger charge is -2.07. The normalized spacial score (nSPS) is 10.1. The summed E-state index contributed by atoms with van der Waals surface area (Å²) in [6.07, 6.45) is 1.94. The van der Waals surface area contributed by atoms with Gasteiger partial charge in [-0.3, -0.25) is 0 Å². The van der Waals surface area contributed by atoms with Gasteiger partial charge in [0.15, 0.2) is 0 Å². The van der Waals surface area contributed by atoms with Crippen LogP contribution in [-0.2, 0) is 4.74 Å². The number of halogens is 1. The smallest absolute Gasteiger partial charge is 0.339 e. The molecule has 0 aliphatic rings. The molecule has 0 bridgehead atoms. The summed E-state index contributed by atoms with van der Waals surface area (Å²) in [6, 6.07) is 5.58. The minimum Gasteiger partial charge on any atom is -0.462 e. The topological polar surface area (TPSA) is 26.3 Å². The van der Waals surface area contributed by atoms with Gasteiger partial charge in [0.1, 0.15) is 0 Å². The molecule has 82 valence electrons. The molecule has 15 heavy (non-hydrogen) atoms. The molecule has 0 radical (unpaired) electrons. The van der Waals surface area contributed by atoms with Crippen molar-refractivity contribution in [3.8, 4) is 0 Å². The zero-order valence-corrected chi connectivity index (χ0v) is 10.6. The average Bonchev–Trinajstić information content (AvgIpc) is 2.22. The number of unbranched alkanes of at least 4 members (excludes halogenated alkanes) is 1. The van der Waals surface area contributed by atoms with Crippen molar-refractivity contribution >= 4 is 21.9 Å². The number of carbonyl (C=O) groups excluding carboxylic acids is 1. The van der Waals surface area contributed by atoms with Crippen molar-refractivity contribution in [2.24, 2.45) is 0 Å². The van der Waals surface area contributed by atoms with E-state index in [-0.39, 0.29) is 5.97 Å². The first-order valence-corrected chi connectivity index (χ1v) is 5.88. The molecule has 3 heteroatoms. The fraction of sp³-hybridized carbons (Fsp3) is 0.417. The van der Waals surface area contributed by atoms with Crippen LogP contribution in [0.3, 0.4) is 0 Å². The third-order valence-electron chi connectivity index (χ3n) is 2.14. The second kappa shape index (κ2) is 5.91. The SMILES string of the molecule is CCCCOC(=O)c1cccc(C)c1Br. The van der Waals surface area contributed by atoms with Crippen molar-refractivity contribution in [3.05, 3.63) is 33.8 Å². The molecular formula is C12H15BrO2. The van der Waals surface area contributed by atoms with E-state index in [0.29, 0.717) is 12.2 Å². The number of hydrogen-bond acceptors (Lipinski definition) is 2. The predicted octanol–water partition coefficient (Wildman–Crippen LogP) is 3.71. The van der Waals surface area contributed by atoms with Gasteiger partial charge in [-0.25, -0.2) is 4.79 Å². The molecule has 0 unspecified atom stereocenters. The van der Waals surface area contributed by atoms with Gasteiger partial charge < -0.3 is 4.74 Å². The quantitative estimate of drug-likeness (QED) is 0.616. The summed E-state index contributed by atoms with van der Waals surface area (Å²) < 4.78 is 5.96. The van der Waals surface area contributed by atoms with Crippen LogP contribution in [0.1, 0.15) is 35.7 Å². The number of ether oxygens (including phenoxy) is 1. The highest BCUT2D eigenvalue weighted by Crippen LogP contribution is 2.21. The molecule has 0 aromatic heterocycles. The van der Waals surface area contributed by atoms with E-state index in [1.54, 1.807) is 6.07 Å². The summed E-state index contributed by atoms with van der Waals surface area (Å²) in [5.74, 6) is -0.251. The summed E-state index contributed by atoms with van der Waals surface area (Å²) in [5, 5.41) is 0. The van der Waals surface area contributed by atoms with Gasteiger partial charge in [0, 0.05) is 4.47 Å².